The second kappa shape index (κ2) is 9.03. The SMILES string of the molecule is COC(=O)c1ccc2c(C(=Nc3ccc(C(C)(C)N)c(OC)c3)c3ccccc3)c(O)[nH]c2c1. The van der Waals surface area contributed by atoms with Crippen LogP contribution in [0.2, 0.25) is 0 Å². The number of rotatable bonds is 6. The Balaban J connectivity index is 1.93. The van der Waals surface area contributed by atoms with Gasteiger partial charge < -0.3 is 25.3 Å². The number of carbonyl (C=O) groups is 1. The summed E-state index contributed by atoms with van der Waals surface area (Å²) < 4.78 is 10.4. The highest BCUT2D eigenvalue weighted by Gasteiger charge is 2.22. The van der Waals surface area contributed by atoms with Crippen LogP contribution in [0.3, 0.4) is 0 Å². The first-order chi connectivity index (χ1) is 16.2. The molecule has 4 aromatic rings. The molecule has 0 aliphatic rings. The number of hydrogen-bond acceptors (Lipinski definition) is 6. The third-order valence-electron chi connectivity index (χ3n) is 5.60. The molecule has 174 valence electrons. The van der Waals surface area contributed by atoms with Crippen LogP contribution in [0.15, 0.2) is 71.7 Å². The van der Waals surface area contributed by atoms with Crippen LogP contribution < -0.4 is 10.5 Å². The molecule has 4 N–H and O–H groups in total. The Labute approximate surface area is 197 Å². The highest BCUT2D eigenvalue weighted by Crippen LogP contribution is 2.35. The van der Waals surface area contributed by atoms with E-state index in [4.69, 9.17) is 20.2 Å². The standard InChI is InChI=1S/C27H27N3O4/c1-27(2,28)20-13-11-18(15-22(20)33-3)29-24(16-8-6-5-7-9-16)23-19-12-10-17(26(32)34-4)14-21(19)30-25(23)31/h5-15,30-31H,28H2,1-4H3. The molecule has 0 amide bonds. The number of ether oxygens (including phenoxy) is 2. The average Bonchev–Trinajstić information content (AvgIpc) is 3.16. The summed E-state index contributed by atoms with van der Waals surface area (Å²) >= 11 is 0. The number of benzene rings is 3. The van der Waals surface area contributed by atoms with Gasteiger partial charge in [-0.05, 0) is 32.0 Å². The molecule has 0 radical (unpaired) electrons. The number of nitrogens with zero attached hydrogens (tertiary/aromatic N) is 1. The lowest BCUT2D eigenvalue weighted by Crippen LogP contribution is -2.29. The van der Waals surface area contributed by atoms with Gasteiger partial charge in [0.1, 0.15) is 5.75 Å². The zero-order valence-corrected chi connectivity index (χ0v) is 19.5. The number of H-pyrrole nitrogens is 1. The van der Waals surface area contributed by atoms with Gasteiger partial charge in [-0.1, -0.05) is 42.5 Å². The first-order valence-electron chi connectivity index (χ1n) is 10.8. The van der Waals surface area contributed by atoms with Crippen LogP contribution in [0.1, 0.15) is 40.9 Å². The van der Waals surface area contributed by atoms with Gasteiger partial charge in [-0.25, -0.2) is 9.79 Å². The molecular weight excluding hydrogens is 430 g/mol. The van der Waals surface area contributed by atoms with Gasteiger partial charge in [0, 0.05) is 33.6 Å². The largest absolute Gasteiger partial charge is 0.496 e. The molecule has 0 fully saturated rings. The minimum Gasteiger partial charge on any atom is -0.496 e. The Bertz CT molecular complexity index is 1380. The summed E-state index contributed by atoms with van der Waals surface area (Å²) in [4.78, 5) is 19.8. The predicted molar refractivity (Wildman–Crippen MR) is 133 cm³/mol. The van der Waals surface area contributed by atoms with Gasteiger partial charge in [-0.3, -0.25) is 0 Å². The van der Waals surface area contributed by atoms with E-state index >= 15 is 0 Å². The second-order valence-corrected chi connectivity index (χ2v) is 8.53. The maximum absolute atomic E-state index is 12.0. The maximum atomic E-state index is 12.0. The minimum absolute atomic E-state index is 0.0497. The summed E-state index contributed by atoms with van der Waals surface area (Å²) in [7, 11) is 2.93. The van der Waals surface area contributed by atoms with Crippen molar-refractivity contribution in [1.29, 1.82) is 0 Å². The van der Waals surface area contributed by atoms with Crippen LogP contribution >= 0.6 is 0 Å². The zero-order chi connectivity index (χ0) is 24.5. The topological polar surface area (TPSA) is 110 Å². The van der Waals surface area contributed by atoms with E-state index in [-0.39, 0.29) is 5.88 Å². The van der Waals surface area contributed by atoms with Crippen molar-refractivity contribution < 1.29 is 19.4 Å². The van der Waals surface area contributed by atoms with Crippen LogP contribution in [0.4, 0.5) is 5.69 Å². The van der Waals surface area contributed by atoms with Crippen molar-refractivity contribution in [2.45, 2.75) is 19.4 Å². The number of nitrogens with one attached hydrogen (secondary N) is 1. The molecule has 34 heavy (non-hydrogen) atoms. The Morgan fingerprint density at radius 3 is 2.38 bits per heavy atom. The highest BCUT2D eigenvalue weighted by atomic mass is 16.5. The zero-order valence-electron chi connectivity index (χ0n) is 19.5. The lowest BCUT2D eigenvalue weighted by atomic mass is 9.94. The number of hydrogen-bond donors (Lipinski definition) is 3. The van der Waals surface area contributed by atoms with Crippen LogP contribution in [0, 0.1) is 0 Å². The molecule has 0 saturated heterocycles. The molecule has 0 aliphatic carbocycles. The predicted octanol–water partition coefficient (Wildman–Crippen LogP) is 5.03. The number of carbonyl (C=O) groups excluding carboxylic acids is 1. The minimum atomic E-state index is -0.581. The highest BCUT2D eigenvalue weighted by molar-refractivity contribution is 6.22. The van der Waals surface area contributed by atoms with Crippen LogP contribution in [0.5, 0.6) is 11.6 Å². The Morgan fingerprint density at radius 1 is 1.00 bits per heavy atom. The molecule has 7 heteroatoms. The number of aromatic amines is 1. The van der Waals surface area contributed by atoms with E-state index in [0.29, 0.717) is 33.8 Å². The summed E-state index contributed by atoms with van der Waals surface area (Å²) in [6, 6.07) is 20.3. The Kier molecular flexibility index (Phi) is 6.13. The van der Waals surface area contributed by atoms with E-state index in [1.54, 1.807) is 25.3 Å². The van der Waals surface area contributed by atoms with Crippen LogP contribution in [0.25, 0.3) is 10.9 Å². The van der Waals surface area contributed by atoms with E-state index in [9.17, 15) is 9.90 Å². The molecule has 3 aromatic carbocycles. The van der Waals surface area contributed by atoms with Crippen molar-refractivity contribution in [3.05, 3.63) is 89.0 Å². The van der Waals surface area contributed by atoms with Crippen molar-refractivity contribution in [2.24, 2.45) is 10.7 Å². The van der Waals surface area contributed by atoms with Crippen molar-refractivity contribution in [3.63, 3.8) is 0 Å². The van der Waals surface area contributed by atoms with Gasteiger partial charge in [0.2, 0.25) is 0 Å². The second-order valence-electron chi connectivity index (χ2n) is 8.53. The molecular formula is C27H27N3O4. The Hall–Kier alpha value is -4.10. The normalized spacial score (nSPS) is 12.1. The molecule has 0 atom stereocenters. The summed E-state index contributed by atoms with van der Waals surface area (Å²) in [5.41, 5.74) is 10.1. The molecule has 4 rings (SSSR count). The van der Waals surface area contributed by atoms with Gasteiger partial charge in [0.05, 0.1) is 36.7 Å². The van der Waals surface area contributed by atoms with Crippen molar-refractivity contribution in [1.82, 2.24) is 4.98 Å². The third kappa shape index (κ3) is 4.38. The number of nitrogens with two attached hydrogens (primary N) is 1. The third-order valence-corrected chi connectivity index (χ3v) is 5.60. The monoisotopic (exact) mass is 457 g/mol. The fourth-order valence-corrected chi connectivity index (χ4v) is 3.94. The molecule has 0 aliphatic heterocycles. The van der Waals surface area contributed by atoms with Crippen molar-refractivity contribution >= 4 is 28.3 Å². The van der Waals surface area contributed by atoms with Crippen molar-refractivity contribution in [2.75, 3.05) is 14.2 Å². The average molecular weight is 458 g/mol. The van der Waals surface area contributed by atoms with Gasteiger partial charge >= 0.3 is 5.97 Å². The van der Waals surface area contributed by atoms with Gasteiger partial charge in [-0.2, -0.15) is 0 Å². The molecule has 0 bridgehead atoms. The van der Waals surface area contributed by atoms with Crippen LogP contribution in [-0.4, -0.2) is 36.0 Å². The number of fused-ring (bicyclic) bond motifs is 1. The molecule has 7 nitrogen and oxygen atoms in total. The molecule has 1 aromatic heterocycles. The Morgan fingerprint density at radius 2 is 1.74 bits per heavy atom. The van der Waals surface area contributed by atoms with E-state index in [2.05, 4.69) is 4.98 Å². The molecule has 0 spiro atoms. The summed E-state index contributed by atoms with van der Waals surface area (Å²) in [6.07, 6.45) is 0. The quantitative estimate of drug-likeness (QED) is 0.278. The smallest absolute Gasteiger partial charge is 0.337 e. The lowest BCUT2D eigenvalue weighted by molar-refractivity contribution is 0.0601. The number of aliphatic imine (C=N–C) groups is 1. The van der Waals surface area contributed by atoms with Crippen molar-refractivity contribution in [3.8, 4) is 11.6 Å². The van der Waals surface area contributed by atoms with Gasteiger partial charge in [0.15, 0.2) is 5.88 Å². The van der Waals surface area contributed by atoms with E-state index in [1.807, 2.05) is 62.4 Å². The molecule has 0 unspecified atom stereocenters. The summed E-state index contributed by atoms with van der Waals surface area (Å²) in [6.45, 7) is 3.82. The number of aromatic nitrogens is 1. The molecule has 0 saturated carbocycles. The number of esters is 1. The summed E-state index contributed by atoms with van der Waals surface area (Å²) in [5, 5.41) is 11.6. The molecule has 1 heterocycles. The van der Waals surface area contributed by atoms with E-state index < -0.39 is 11.5 Å². The number of aromatic hydroxyl groups is 1. The first kappa shape index (κ1) is 23.1. The van der Waals surface area contributed by atoms with Gasteiger partial charge in [-0.15, -0.1) is 0 Å². The van der Waals surface area contributed by atoms with E-state index in [0.717, 1.165) is 16.5 Å². The fourth-order valence-electron chi connectivity index (χ4n) is 3.94. The maximum Gasteiger partial charge on any atom is 0.337 e. The lowest BCUT2D eigenvalue weighted by Gasteiger charge is -2.22. The van der Waals surface area contributed by atoms with Gasteiger partial charge in [0.25, 0.3) is 0 Å². The fraction of sp³-hybridized carbons (Fsp3) is 0.185. The number of methoxy groups -OCH3 is 2. The van der Waals surface area contributed by atoms with E-state index in [1.165, 1.54) is 7.11 Å². The summed E-state index contributed by atoms with van der Waals surface area (Å²) in [5.74, 6) is 0.128. The van der Waals surface area contributed by atoms with Crippen LogP contribution in [-0.2, 0) is 10.3 Å². The first-order valence-corrected chi connectivity index (χ1v) is 10.8.